The average molecular weight is 303 g/mol. The zero-order chi connectivity index (χ0) is 16.0. The van der Waals surface area contributed by atoms with E-state index in [1.54, 1.807) is 0 Å². The van der Waals surface area contributed by atoms with Crippen LogP contribution < -0.4 is 0 Å². The van der Waals surface area contributed by atoms with Gasteiger partial charge in [-0.15, -0.1) is 0 Å². The third-order valence-corrected chi connectivity index (χ3v) is 2.70. The molecule has 1 rings (SSSR count). The van der Waals surface area contributed by atoms with E-state index in [2.05, 4.69) is 10.0 Å². The highest BCUT2D eigenvalue weighted by molar-refractivity contribution is 6.00. The summed E-state index contributed by atoms with van der Waals surface area (Å²) in [7, 11) is 0. The van der Waals surface area contributed by atoms with E-state index in [9.17, 15) is 28.2 Å². The van der Waals surface area contributed by atoms with Crippen LogP contribution in [0.5, 0.6) is 0 Å². The minimum atomic E-state index is -5.01. The second-order valence-electron chi connectivity index (χ2n) is 4.21. The number of benzene rings is 1. The number of nitrogens with zero attached hydrogens (tertiary/aromatic N) is 3. The number of alkyl halides is 3. The molecular weight excluding hydrogens is 291 g/mol. The van der Waals surface area contributed by atoms with E-state index in [1.807, 2.05) is 0 Å². The lowest BCUT2D eigenvalue weighted by Gasteiger charge is -2.18. The maximum Gasteiger partial charge on any atom is 0.454 e. The van der Waals surface area contributed by atoms with E-state index in [0.717, 1.165) is 12.1 Å². The molecule has 2 unspecified atom stereocenters. The van der Waals surface area contributed by atoms with Crippen molar-refractivity contribution in [2.45, 2.75) is 24.8 Å². The van der Waals surface area contributed by atoms with Crippen LogP contribution in [0.4, 0.5) is 13.2 Å². The summed E-state index contributed by atoms with van der Waals surface area (Å²) in [6, 6.07) is 4.31. The third kappa shape index (κ3) is 4.75. The van der Waals surface area contributed by atoms with Crippen LogP contribution in [0.1, 0.15) is 28.4 Å². The molecule has 0 saturated heterocycles. The summed E-state index contributed by atoms with van der Waals surface area (Å²) in [5.74, 6) is -2.03. The molecule has 1 aromatic rings. The molecule has 0 heterocycles. The van der Waals surface area contributed by atoms with Crippen molar-refractivity contribution in [3.05, 3.63) is 45.8 Å². The fourth-order valence-corrected chi connectivity index (χ4v) is 1.64. The predicted molar refractivity (Wildman–Crippen MR) is 66.4 cm³/mol. The first kappa shape index (κ1) is 17.0. The fraction of sp³-hybridized carbons (Fsp3) is 0.417. The number of aliphatic hydroxyl groups excluding tert-OH is 2. The SMILES string of the molecule is [N-]=[N+]=NCCC(O)C(O)c1cccc(C(=O)C(F)(F)F)c1. The Morgan fingerprint density at radius 3 is 2.62 bits per heavy atom. The van der Waals surface area contributed by atoms with Crippen LogP contribution in [-0.2, 0) is 0 Å². The molecule has 9 heteroatoms. The Bertz CT molecular complexity index is 556. The van der Waals surface area contributed by atoms with Crippen LogP contribution in [0.25, 0.3) is 10.4 Å². The van der Waals surface area contributed by atoms with E-state index in [1.165, 1.54) is 12.1 Å². The van der Waals surface area contributed by atoms with Crippen molar-refractivity contribution in [3.63, 3.8) is 0 Å². The van der Waals surface area contributed by atoms with Crippen molar-refractivity contribution >= 4 is 5.78 Å². The lowest BCUT2D eigenvalue weighted by atomic mass is 9.99. The minimum Gasteiger partial charge on any atom is -0.390 e. The van der Waals surface area contributed by atoms with Crippen LogP contribution in [-0.4, -0.2) is 34.8 Å². The molecule has 0 bridgehead atoms. The molecule has 2 atom stereocenters. The van der Waals surface area contributed by atoms with Gasteiger partial charge in [-0.3, -0.25) is 4.79 Å². The third-order valence-electron chi connectivity index (χ3n) is 2.70. The van der Waals surface area contributed by atoms with E-state index in [-0.39, 0.29) is 18.5 Å². The van der Waals surface area contributed by atoms with Gasteiger partial charge in [0.1, 0.15) is 6.10 Å². The highest BCUT2D eigenvalue weighted by Gasteiger charge is 2.39. The van der Waals surface area contributed by atoms with Gasteiger partial charge in [-0.25, -0.2) is 0 Å². The van der Waals surface area contributed by atoms with Crippen molar-refractivity contribution in [2.24, 2.45) is 5.11 Å². The van der Waals surface area contributed by atoms with Crippen molar-refractivity contribution in [1.29, 1.82) is 0 Å². The molecule has 0 aliphatic heterocycles. The molecule has 0 aliphatic rings. The minimum absolute atomic E-state index is 0.0291. The van der Waals surface area contributed by atoms with Gasteiger partial charge in [0.15, 0.2) is 0 Å². The number of aliphatic hydroxyl groups is 2. The molecule has 2 N–H and O–H groups in total. The molecule has 0 amide bonds. The molecule has 114 valence electrons. The molecule has 0 aliphatic carbocycles. The van der Waals surface area contributed by atoms with Gasteiger partial charge in [-0.1, -0.05) is 23.3 Å². The summed E-state index contributed by atoms with van der Waals surface area (Å²) < 4.78 is 37.0. The fourth-order valence-electron chi connectivity index (χ4n) is 1.64. The highest BCUT2D eigenvalue weighted by atomic mass is 19.4. The van der Waals surface area contributed by atoms with Crippen LogP contribution in [0, 0.1) is 0 Å². The summed E-state index contributed by atoms with van der Waals surface area (Å²) in [6.45, 7) is -0.0735. The monoisotopic (exact) mass is 303 g/mol. The molecule has 0 radical (unpaired) electrons. The summed E-state index contributed by atoms with van der Waals surface area (Å²) >= 11 is 0. The number of hydrogen-bond acceptors (Lipinski definition) is 4. The molecule has 6 nitrogen and oxygen atoms in total. The maximum absolute atomic E-state index is 12.3. The van der Waals surface area contributed by atoms with Crippen LogP contribution >= 0.6 is 0 Å². The summed E-state index contributed by atoms with van der Waals surface area (Å²) in [5.41, 5.74) is 7.43. The zero-order valence-corrected chi connectivity index (χ0v) is 10.7. The molecule has 1 aromatic carbocycles. The highest BCUT2D eigenvalue weighted by Crippen LogP contribution is 2.25. The quantitative estimate of drug-likeness (QED) is 0.365. The topological polar surface area (TPSA) is 106 Å². The van der Waals surface area contributed by atoms with Crippen LogP contribution in [0.3, 0.4) is 0 Å². The number of carbonyl (C=O) groups is 1. The second kappa shape index (κ2) is 7.07. The Balaban J connectivity index is 2.89. The number of rotatable bonds is 6. The lowest BCUT2D eigenvalue weighted by Crippen LogP contribution is -2.24. The zero-order valence-electron chi connectivity index (χ0n) is 10.7. The van der Waals surface area contributed by atoms with Crippen LogP contribution in [0.2, 0.25) is 0 Å². The number of ketones is 1. The van der Waals surface area contributed by atoms with E-state index < -0.39 is 29.7 Å². The molecule has 0 fully saturated rings. The Hall–Kier alpha value is -2.09. The smallest absolute Gasteiger partial charge is 0.390 e. The van der Waals surface area contributed by atoms with Gasteiger partial charge in [-0.05, 0) is 23.6 Å². The number of hydrogen-bond donors (Lipinski definition) is 2. The molecule has 0 aromatic heterocycles. The maximum atomic E-state index is 12.3. The van der Waals surface area contributed by atoms with E-state index >= 15 is 0 Å². The van der Waals surface area contributed by atoms with Gasteiger partial charge < -0.3 is 10.2 Å². The normalized spacial score (nSPS) is 14.1. The summed E-state index contributed by atoms with van der Waals surface area (Å²) in [4.78, 5) is 13.6. The predicted octanol–water partition coefficient (Wildman–Crippen LogP) is 2.53. The number of Topliss-reactive ketones (excluding diaryl/α,β-unsaturated/α-hetero) is 1. The van der Waals surface area contributed by atoms with Gasteiger partial charge in [0, 0.05) is 17.0 Å². The van der Waals surface area contributed by atoms with E-state index in [0.29, 0.717) is 0 Å². The number of carbonyl (C=O) groups excluding carboxylic acids is 1. The Kier molecular flexibility index (Phi) is 5.71. The first-order valence-corrected chi connectivity index (χ1v) is 5.86. The van der Waals surface area contributed by atoms with Gasteiger partial charge in [0.25, 0.3) is 5.78 Å². The van der Waals surface area contributed by atoms with Gasteiger partial charge in [0.2, 0.25) is 0 Å². The largest absolute Gasteiger partial charge is 0.454 e. The molecular formula is C12H12F3N3O3. The van der Waals surface area contributed by atoms with Gasteiger partial charge >= 0.3 is 6.18 Å². The first-order chi connectivity index (χ1) is 9.77. The second-order valence-corrected chi connectivity index (χ2v) is 4.21. The van der Waals surface area contributed by atoms with Crippen LogP contribution in [0.15, 0.2) is 29.4 Å². The standard InChI is InChI=1S/C12H12F3N3O3/c13-12(14,15)11(21)8-3-1-2-7(6-8)10(20)9(19)4-5-17-18-16/h1-3,6,9-10,19-20H,4-5H2. The number of azide groups is 1. The average Bonchev–Trinajstić information content (AvgIpc) is 2.45. The molecule has 0 spiro atoms. The Morgan fingerprint density at radius 2 is 2.05 bits per heavy atom. The molecule has 0 saturated carbocycles. The summed E-state index contributed by atoms with van der Waals surface area (Å²) in [5, 5.41) is 22.6. The summed E-state index contributed by atoms with van der Waals surface area (Å²) in [6.07, 6.45) is -7.89. The number of halogens is 3. The van der Waals surface area contributed by atoms with Crippen molar-refractivity contribution in [2.75, 3.05) is 6.54 Å². The van der Waals surface area contributed by atoms with Gasteiger partial charge in [0.05, 0.1) is 6.10 Å². The Labute approximate surface area is 117 Å². The van der Waals surface area contributed by atoms with E-state index in [4.69, 9.17) is 5.53 Å². The van der Waals surface area contributed by atoms with Crippen molar-refractivity contribution < 1.29 is 28.2 Å². The van der Waals surface area contributed by atoms with Gasteiger partial charge in [-0.2, -0.15) is 13.2 Å². The lowest BCUT2D eigenvalue weighted by molar-refractivity contribution is -0.0885. The van der Waals surface area contributed by atoms with Crippen molar-refractivity contribution in [3.8, 4) is 0 Å². The van der Waals surface area contributed by atoms with Crippen molar-refractivity contribution in [1.82, 2.24) is 0 Å². The first-order valence-electron chi connectivity index (χ1n) is 5.86. The Morgan fingerprint density at radius 1 is 1.38 bits per heavy atom. The molecule has 21 heavy (non-hydrogen) atoms.